The summed E-state index contributed by atoms with van der Waals surface area (Å²) in [6, 6.07) is 3.74. The predicted molar refractivity (Wildman–Crippen MR) is 60.7 cm³/mol. The number of hydrogen-bond acceptors (Lipinski definition) is 5. The molecule has 2 aromatic heterocycles. The molecule has 0 saturated carbocycles. The van der Waals surface area contributed by atoms with Crippen LogP contribution in [-0.4, -0.2) is 21.5 Å². The van der Waals surface area contributed by atoms with Gasteiger partial charge in [0.05, 0.1) is 6.26 Å². The molecular weight excluding hydrogens is 251 g/mol. The molecule has 7 heteroatoms. The molecule has 0 spiro atoms. The van der Waals surface area contributed by atoms with Crippen LogP contribution < -0.4 is 5.32 Å². The summed E-state index contributed by atoms with van der Waals surface area (Å²) in [5.41, 5.74) is 0. The van der Waals surface area contributed by atoms with E-state index >= 15 is 0 Å². The van der Waals surface area contributed by atoms with Crippen LogP contribution in [0.3, 0.4) is 0 Å². The zero-order chi connectivity index (χ0) is 11.4. The van der Waals surface area contributed by atoms with Crippen LogP contribution in [0, 0.1) is 0 Å². The van der Waals surface area contributed by atoms with Crippen LogP contribution in [0.2, 0.25) is 10.6 Å². The van der Waals surface area contributed by atoms with E-state index in [-0.39, 0.29) is 10.6 Å². The van der Waals surface area contributed by atoms with E-state index in [4.69, 9.17) is 27.6 Å². The summed E-state index contributed by atoms with van der Waals surface area (Å²) in [5, 5.41) is 3.11. The number of nitrogens with one attached hydrogen (secondary N) is 1. The van der Waals surface area contributed by atoms with Gasteiger partial charge >= 0.3 is 0 Å². The minimum absolute atomic E-state index is 0.0699. The van der Waals surface area contributed by atoms with Crippen LogP contribution in [-0.2, 0) is 6.42 Å². The second-order valence-electron chi connectivity index (χ2n) is 2.95. The average Bonchev–Trinajstić information content (AvgIpc) is 2.69. The normalized spacial score (nSPS) is 10.4. The maximum atomic E-state index is 5.62. The van der Waals surface area contributed by atoms with Crippen molar-refractivity contribution in [3.63, 3.8) is 0 Å². The van der Waals surface area contributed by atoms with E-state index in [0.717, 1.165) is 12.2 Å². The van der Waals surface area contributed by atoms with E-state index in [2.05, 4.69) is 20.3 Å². The maximum absolute atomic E-state index is 5.62. The van der Waals surface area contributed by atoms with Crippen LogP contribution in [0.15, 0.2) is 22.8 Å². The standard InChI is InChI=1S/C9H8Cl2N4O/c10-7-13-8(11)15-9(14-7)12-4-3-6-2-1-5-16-6/h1-2,5H,3-4H2,(H,12,13,14,15). The van der Waals surface area contributed by atoms with Crippen molar-refractivity contribution < 1.29 is 4.42 Å². The van der Waals surface area contributed by atoms with Crippen LogP contribution in [0.5, 0.6) is 0 Å². The topological polar surface area (TPSA) is 63.8 Å². The molecule has 2 heterocycles. The molecular formula is C9H8Cl2N4O. The first-order valence-corrected chi connectivity index (χ1v) is 5.33. The van der Waals surface area contributed by atoms with E-state index in [9.17, 15) is 0 Å². The fourth-order valence-corrected chi connectivity index (χ4v) is 1.52. The Hall–Kier alpha value is -1.33. The SMILES string of the molecule is Clc1nc(Cl)nc(NCCc2ccco2)n1. The van der Waals surface area contributed by atoms with Gasteiger partial charge in [-0.1, -0.05) is 0 Å². The molecule has 0 atom stereocenters. The highest BCUT2D eigenvalue weighted by molar-refractivity contribution is 6.31. The van der Waals surface area contributed by atoms with Crippen molar-refractivity contribution in [3.05, 3.63) is 34.7 Å². The number of nitrogens with zero attached hydrogens (tertiary/aromatic N) is 3. The molecule has 0 fully saturated rings. The molecule has 0 amide bonds. The van der Waals surface area contributed by atoms with Crippen molar-refractivity contribution in [1.82, 2.24) is 15.0 Å². The summed E-state index contributed by atoms with van der Waals surface area (Å²) >= 11 is 11.2. The number of furan rings is 1. The molecule has 0 aliphatic carbocycles. The second kappa shape index (κ2) is 5.14. The Morgan fingerprint density at radius 2 is 1.94 bits per heavy atom. The number of halogens is 2. The van der Waals surface area contributed by atoms with Crippen LogP contribution in [0.4, 0.5) is 5.95 Å². The first-order chi connectivity index (χ1) is 7.74. The van der Waals surface area contributed by atoms with E-state index in [1.54, 1.807) is 6.26 Å². The molecule has 0 bridgehead atoms. The highest BCUT2D eigenvalue weighted by Gasteiger charge is 2.02. The fraction of sp³-hybridized carbons (Fsp3) is 0.222. The lowest BCUT2D eigenvalue weighted by atomic mass is 10.3. The molecule has 1 N–H and O–H groups in total. The van der Waals surface area contributed by atoms with E-state index < -0.39 is 0 Å². The molecule has 2 aromatic rings. The van der Waals surface area contributed by atoms with Crippen molar-refractivity contribution >= 4 is 29.2 Å². The maximum Gasteiger partial charge on any atom is 0.228 e. The van der Waals surface area contributed by atoms with Gasteiger partial charge in [0.1, 0.15) is 5.76 Å². The van der Waals surface area contributed by atoms with Crippen molar-refractivity contribution in [3.8, 4) is 0 Å². The van der Waals surface area contributed by atoms with Gasteiger partial charge in [0.2, 0.25) is 16.5 Å². The Bertz CT molecular complexity index is 440. The lowest BCUT2D eigenvalue weighted by Gasteiger charge is -2.03. The first kappa shape index (κ1) is 11.2. The molecule has 84 valence electrons. The molecule has 16 heavy (non-hydrogen) atoms. The van der Waals surface area contributed by atoms with E-state index in [1.807, 2.05) is 12.1 Å². The van der Waals surface area contributed by atoms with Gasteiger partial charge in [-0.25, -0.2) is 0 Å². The highest BCUT2D eigenvalue weighted by Crippen LogP contribution is 2.09. The zero-order valence-electron chi connectivity index (χ0n) is 8.15. The summed E-state index contributed by atoms with van der Waals surface area (Å²) in [6.45, 7) is 0.629. The largest absolute Gasteiger partial charge is 0.469 e. The Labute approximate surface area is 102 Å². The smallest absolute Gasteiger partial charge is 0.228 e. The zero-order valence-corrected chi connectivity index (χ0v) is 9.66. The summed E-state index contributed by atoms with van der Waals surface area (Å²) in [6.07, 6.45) is 2.36. The van der Waals surface area contributed by atoms with Gasteiger partial charge in [0.25, 0.3) is 0 Å². The minimum Gasteiger partial charge on any atom is -0.469 e. The predicted octanol–water partition coefficient (Wildman–Crippen LogP) is 2.43. The van der Waals surface area contributed by atoms with E-state index in [0.29, 0.717) is 12.5 Å². The molecule has 2 rings (SSSR count). The number of anilines is 1. The van der Waals surface area contributed by atoms with Crippen molar-refractivity contribution in [2.45, 2.75) is 6.42 Å². The Kier molecular flexibility index (Phi) is 3.58. The summed E-state index contributed by atoms with van der Waals surface area (Å²) < 4.78 is 5.17. The number of rotatable bonds is 4. The average molecular weight is 259 g/mol. The van der Waals surface area contributed by atoms with Gasteiger partial charge < -0.3 is 9.73 Å². The van der Waals surface area contributed by atoms with Crippen molar-refractivity contribution in [2.75, 3.05) is 11.9 Å². The first-order valence-electron chi connectivity index (χ1n) is 4.57. The number of hydrogen-bond donors (Lipinski definition) is 1. The molecule has 0 aliphatic heterocycles. The monoisotopic (exact) mass is 258 g/mol. The Morgan fingerprint density at radius 1 is 1.19 bits per heavy atom. The minimum atomic E-state index is 0.0699. The van der Waals surface area contributed by atoms with Gasteiger partial charge in [-0.15, -0.1) is 0 Å². The third kappa shape index (κ3) is 3.08. The van der Waals surface area contributed by atoms with Crippen molar-refractivity contribution in [1.29, 1.82) is 0 Å². The third-order valence-corrected chi connectivity index (χ3v) is 2.15. The Morgan fingerprint density at radius 3 is 2.56 bits per heavy atom. The second-order valence-corrected chi connectivity index (χ2v) is 3.63. The lowest BCUT2D eigenvalue weighted by Crippen LogP contribution is -2.08. The Balaban J connectivity index is 1.89. The molecule has 0 saturated heterocycles. The summed E-state index contributed by atoms with van der Waals surface area (Å²) in [4.78, 5) is 11.4. The molecule has 5 nitrogen and oxygen atoms in total. The summed E-state index contributed by atoms with van der Waals surface area (Å²) in [5.74, 6) is 1.25. The van der Waals surface area contributed by atoms with Gasteiger partial charge in [-0.05, 0) is 35.3 Å². The highest BCUT2D eigenvalue weighted by atomic mass is 35.5. The van der Waals surface area contributed by atoms with E-state index in [1.165, 1.54) is 0 Å². The van der Waals surface area contributed by atoms with Gasteiger partial charge in [0.15, 0.2) is 0 Å². The van der Waals surface area contributed by atoms with Crippen molar-refractivity contribution in [2.24, 2.45) is 0 Å². The quantitative estimate of drug-likeness (QED) is 0.913. The molecule has 0 unspecified atom stereocenters. The molecule has 0 aliphatic rings. The van der Waals surface area contributed by atoms with Gasteiger partial charge in [-0.3, -0.25) is 0 Å². The third-order valence-electron chi connectivity index (χ3n) is 1.82. The van der Waals surface area contributed by atoms with Crippen LogP contribution in [0.1, 0.15) is 5.76 Å². The fourth-order valence-electron chi connectivity index (χ4n) is 1.16. The summed E-state index contributed by atoms with van der Waals surface area (Å²) in [7, 11) is 0. The van der Waals surface area contributed by atoms with Crippen LogP contribution >= 0.6 is 23.2 Å². The number of aromatic nitrogens is 3. The molecule has 0 radical (unpaired) electrons. The van der Waals surface area contributed by atoms with Crippen LogP contribution in [0.25, 0.3) is 0 Å². The van der Waals surface area contributed by atoms with Gasteiger partial charge in [-0.2, -0.15) is 15.0 Å². The molecule has 0 aromatic carbocycles. The van der Waals surface area contributed by atoms with Gasteiger partial charge in [0, 0.05) is 13.0 Å². The lowest BCUT2D eigenvalue weighted by molar-refractivity contribution is 0.512.